The van der Waals surface area contributed by atoms with Crippen LogP contribution in [0.15, 0.2) is 23.1 Å². The van der Waals surface area contributed by atoms with Crippen molar-refractivity contribution in [2.45, 2.75) is 62.8 Å². The first-order chi connectivity index (χ1) is 9.52. The summed E-state index contributed by atoms with van der Waals surface area (Å²) in [5, 5.41) is 0. The largest absolute Gasteiger partial charge is 0.342 e. The maximum Gasteiger partial charge on any atom is 0.222 e. The van der Waals surface area contributed by atoms with Gasteiger partial charge in [0.25, 0.3) is 0 Å². The average molecular weight is 291 g/mol. The van der Waals surface area contributed by atoms with E-state index in [1.54, 1.807) is 0 Å². The van der Waals surface area contributed by atoms with Crippen molar-refractivity contribution >= 4 is 18.5 Å². The number of nitrogens with zero attached hydrogens (tertiary/aromatic N) is 1. The molecule has 2 atom stereocenters. The summed E-state index contributed by atoms with van der Waals surface area (Å²) in [7, 11) is 1.96. The second-order valence-corrected chi connectivity index (χ2v) is 6.33. The maximum absolute atomic E-state index is 11.9. The smallest absolute Gasteiger partial charge is 0.222 e. The number of piperidine rings is 1. The first-order valence-corrected chi connectivity index (χ1v) is 8.05. The van der Waals surface area contributed by atoms with Crippen LogP contribution in [0.4, 0.5) is 0 Å². The molecule has 1 fully saturated rings. The van der Waals surface area contributed by atoms with Crippen molar-refractivity contribution in [2.75, 3.05) is 7.05 Å². The fraction of sp³-hybridized carbons (Fsp3) is 0.588. The van der Waals surface area contributed by atoms with Gasteiger partial charge in [0.2, 0.25) is 5.91 Å². The van der Waals surface area contributed by atoms with E-state index in [2.05, 4.69) is 37.8 Å². The van der Waals surface area contributed by atoms with Gasteiger partial charge in [-0.2, -0.15) is 0 Å². The van der Waals surface area contributed by atoms with Gasteiger partial charge in [-0.15, -0.1) is 12.6 Å². The van der Waals surface area contributed by atoms with E-state index in [4.69, 9.17) is 0 Å². The number of aryl methyl sites for hydroxylation is 1. The summed E-state index contributed by atoms with van der Waals surface area (Å²) in [4.78, 5) is 14.9. The minimum absolute atomic E-state index is 0.123. The summed E-state index contributed by atoms with van der Waals surface area (Å²) >= 11 is 4.43. The van der Waals surface area contributed by atoms with Crippen molar-refractivity contribution in [1.29, 1.82) is 0 Å². The maximum atomic E-state index is 11.9. The van der Waals surface area contributed by atoms with Crippen LogP contribution in [0.25, 0.3) is 0 Å². The highest BCUT2D eigenvalue weighted by Gasteiger charge is 2.46. The molecular weight excluding hydrogens is 266 g/mol. The molecule has 2 aliphatic rings. The van der Waals surface area contributed by atoms with Crippen LogP contribution in [0.2, 0.25) is 0 Å². The highest BCUT2D eigenvalue weighted by atomic mass is 32.1. The molecule has 1 aromatic carbocycles. The Morgan fingerprint density at radius 2 is 2.00 bits per heavy atom. The molecule has 0 radical (unpaired) electrons. The van der Waals surface area contributed by atoms with E-state index >= 15 is 0 Å². The molecule has 1 aromatic rings. The standard InChI is InChI=1S/C15H19NOS.C2H6/c1-15-8-7-14(17)16(2)13(15)6-3-10-9-11(18)4-5-12(10)15;1-2/h4-5,9,13,18H,3,6-8H2,1-2H3;1-2H3. The van der Waals surface area contributed by atoms with E-state index in [1.807, 2.05) is 25.8 Å². The Morgan fingerprint density at radius 3 is 2.70 bits per heavy atom. The molecule has 1 heterocycles. The van der Waals surface area contributed by atoms with Gasteiger partial charge >= 0.3 is 0 Å². The number of amides is 1. The summed E-state index contributed by atoms with van der Waals surface area (Å²) in [6.07, 6.45) is 3.77. The van der Waals surface area contributed by atoms with Gasteiger partial charge in [0, 0.05) is 29.8 Å². The molecule has 110 valence electrons. The number of carbonyl (C=O) groups excluding carboxylic acids is 1. The normalized spacial score (nSPS) is 28.1. The fourth-order valence-electron chi connectivity index (χ4n) is 3.77. The molecular formula is C17H25NOS. The van der Waals surface area contributed by atoms with Crippen LogP contribution in [0.3, 0.4) is 0 Å². The highest BCUT2D eigenvalue weighted by Crippen LogP contribution is 2.45. The zero-order chi connectivity index (χ0) is 14.9. The van der Waals surface area contributed by atoms with Crippen LogP contribution >= 0.6 is 12.6 Å². The van der Waals surface area contributed by atoms with Crippen LogP contribution < -0.4 is 0 Å². The molecule has 20 heavy (non-hydrogen) atoms. The summed E-state index contributed by atoms with van der Waals surface area (Å²) < 4.78 is 0. The minimum Gasteiger partial charge on any atom is -0.342 e. The summed E-state index contributed by atoms with van der Waals surface area (Å²) in [5.74, 6) is 0.298. The summed E-state index contributed by atoms with van der Waals surface area (Å²) in [6, 6.07) is 6.84. The van der Waals surface area contributed by atoms with E-state index in [0.29, 0.717) is 18.4 Å². The number of fused-ring (bicyclic) bond motifs is 3. The topological polar surface area (TPSA) is 20.3 Å². The molecule has 2 nitrogen and oxygen atoms in total. The van der Waals surface area contributed by atoms with Crippen molar-refractivity contribution in [3.05, 3.63) is 29.3 Å². The number of likely N-dealkylation sites (tertiary alicyclic amines) is 1. The van der Waals surface area contributed by atoms with Gasteiger partial charge in [-0.1, -0.05) is 26.8 Å². The highest BCUT2D eigenvalue weighted by molar-refractivity contribution is 7.80. The first-order valence-electron chi connectivity index (χ1n) is 7.60. The second-order valence-electron chi connectivity index (χ2n) is 5.82. The lowest BCUT2D eigenvalue weighted by molar-refractivity contribution is -0.138. The molecule has 1 aliphatic carbocycles. The van der Waals surface area contributed by atoms with E-state index in [-0.39, 0.29) is 5.41 Å². The molecule has 1 saturated heterocycles. The average Bonchev–Trinajstić information content (AvgIpc) is 2.45. The fourth-order valence-corrected chi connectivity index (χ4v) is 4.00. The van der Waals surface area contributed by atoms with Gasteiger partial charge in [0.05, 0.1) is 0 Å². The number of benzene rings is 1. The van der Waals surface area contributed by atoms with E-state index in [1.165, 1.54) is 11.1 Å². The number of carbonyl (C=O) groups is 1. The van der Waals surface area contributed by atoms with Gasteiger partial charge < -0.3 is 4.90 Å². The number of likely N-dealkylation sites (N-methyl/N-ethyl adjacent to an activating group) is 1. The lowest BCUT2D eigenvalue weighted by Crippen LogP contribution is -2.56. The second kappa shape index (κ2) is 5.80. The van der Waals surface area contributed by atoms with Gasteiger partial charge in [-0.3, -0.25) is 4.79 Å². The lowest BCUT2D eigenvalue weighted by Gasteiger charge is -2.50. The van der Waals surface area contributed by atoms with Crippen molar-refractivity contribution in [1.82, 2.24) is 4.90 Å². The monoisotopic (exact) mass is 291 g/mol. The SMILES string of the molecule is CC.CN1C(=O)CCC2(C)c3ccc(S)cc3CCC12. The van der Waals surface area contributed by atoms with Crippen LogP contribution in [0.5, 0.6) is 0 Å². The third-order valence-electron chi connectivity index (χ3n) is 4.85. The van der Waals surface area contributed by atoms with Gasteiger partial charge in [0.15, 0.2) is 0 Å². The Labute approximate surface area is 128 Å². The number of hydrogen-bond donors (Lipinski definition) is 1. The van der Waals surface area contributed by atoms with Crippen molar-refractivity contribution in [3.63, 3.8) is 0 Å². The van der Waals surface area contributed by atoms with Gasteiger partial charge in [-0.25, -0.2) is 0 Å². The molecule has 1 amide bonds. The Kier molecular flexibility index (Phi) is 4.48. The van der Waals surface area contributed by atoms with Crippen LogP contribution in [-0.4, -0.2) is 23.9 Å². The molecule has 3 rings (SSSR count). The Morgan fingerprint density at radius 1 is 1.30 bits per heavy atom. The lowest BCUT2D eigenvalue weighted by atomic mass is 9.63. The molecule has 0 aromatic heterocycles. The van der Waals surface area contributed by atoms with E-state index in [0.717, 1.165) is 24.2 Å². The molecule has 0 N–H and O–H groups in total. The zero-order valence-corrected chi connectivity index (χ0v) is 13.8. The van der Waals surface area contributed by atoms with Gasteiger partial charge in [-0.05, 0) is 42.5 Å². The Hall–Kier alpha value is -0.960. The zero-order valence-electron chi connectivity index (χ0n) is 12.9. The van der Waals surface area contributed by atoms with Crippen molar-refractivity contribution in [3.8, 4) is 0 Å². The van der Waals surface area contributed by atoms with Crippen LogP contribution in [0.1, 0.15) is 51.2 Å². The third kappa shape index (κ3) is 2.37. The quantitative estimate of drug-likeness (QED) is 0.720. The van der Waals surface area contributed by atoms with Crippen molar-refractivity contribution < 1.29 is 4.79 Å². The predicted octanol–water partition coefficient (Wildman–Crippen LogP) is 3.83. The number of hydrogen-bond acceptors (Lipinski definition) is 2. The molecule has 0 spiro atoms. The van der Waals surface area contributed by atoms with Crippen LogP contribution in [-0.2, 0) is 16.6 Å². The summed E-state index contributed by atoms with van der Waals surface area (Å²) in [6.45, 7) is 6.32. The van der Waals surface area contributed by atoms with E-state index in [9.17, 15) is 4.79 Å². The van der Waals surface area contributed by atoms with Gasteiger partial charge in [0.1, 0.15) is 0 Å². The number of thiol groups is 1. The molecule has 0 saturated carbocycles. The Bertz CT molecular complexity index is 514. The number of rotatable bonds is 0. The summed E-state index contributed by atoms with van der Waals surface area (Å²) in [5.41, 5.74) is 2.97. The third-order valence-corrected chi connectivity index (χ3v) is 5.12. The molecule has 2 unspecified atom stereocenters. The van der Waals surface area contributed by atoms with Crippen LogP contribution in [0, 0.1) is 0 Å². The molecule has 3 heteroatoms. The van der Waals surface area contributed by atoms with Crippen molar-refractivity contribution in [2.24, 2.45) is 0 Å². The predicted molar refractivity (Wildman–Crippen MR) is 86.5 cm³/mol. The van der Waals surface area contributed by atoms with E-state index < -0.39 is 0 Å². The molecule has 0 bridgehead atoms. The Balaban J connectivity index is 0.000000704. The minimum atomic E-state index is 0.123. The molecule has 1 aliphatic heterocycles. The first kappa shape index (κ1) is 15.4.